The summed E-state index contributed by atoms with van der Waals surface area (Å²) in [5, 5.41) is 0.985. The Balaban J connectivity index is 1.55. The lowest BCUT2D eigenvalue weighted by molar-refractivity contribution is -0.113. The van der Waals surface area contributed by atoms with Crippen LogP contribution in [-0.4, -0.2) is 10.2 Å². The highest BCUT2D eigenvalue weighted by molar-refractivity contribution is 8.27. The zero-order valence-electron chi connectivity index (χ0n) is 17.2. The maximum Gasteiger partial charge on any atom is 0.270 e. The number of carbonyl (C=O) groups excluding carboxylic acids is 1. The summed E-state index contributed by atoms with van der Waals surface area (Å²) in [6.07, 6.45) is 2.77. The molecule has 1 amide bonds. The van der Waals surface area contributed by atoms with Crippen molar-refractivity contribution in [3.05, 3.63) is 98.4 Å². The van der Waals surface area contributed by atoms with Gasteiger partial charge in [-0.2, -0.15) is 0 Å². The van der Waals surface area contributed by atoms with Gasteiger partial charge in [-0.1, -0.05) is 90.5 Å². The average Bonchev–Trinajstić information content (AvgIpc) is 3.08. The molecule has 3 aromatic rings. The van der Waals surface area contributed by atoms with Crippen LogP contribution in [0.1, 0.15) is 23.6 Å². The van der Waals surface area contributed by atoms with Crippen LogP contribution in [0.5, 0.6) is 5.75 Å². The lowest BCUT2D eigenvalue weighted by Gasteiger charge is -2.14. The molecule has 0 aliphatic carbocycles. The summed E-state index contributed by atoms with van der Waals surface area (Å²) < 4.78 is 6.53. The quantitative estimate of drug-likeness (QED) is 0.258. The fraction of sp³-hybridized carbons (Fsp3) is 0.120. The number of hydrogen-bond acceptors (Lipinski definition) is 4. The van der Waals surface area contributed by atoms with Crippen molar-refractivity contribution in [3.8, 4) is 5.75 Å². The number of carbonyl (C=O) groups is 1. The molecule has 1 fully saturated rings. The van der Waals surface area contributed by atoms with Crippen molar-refractivity contribution >= 4 is 69.2 Å². The lowest BCUT2D eigenvalue weighted by Crippen LogP contribution is -2.27. The molecule has 32 heavy (non-hydrogen) atoms. The molecule has 1 saturated heterocycles. The molecule has 4 rings (SSSR count). The van der Waals surface area contributed by atoms with E-state index in [1.807, 2.05) is 60.7 Å². The molecule has 0 N–H and O–H groups in total. The van der Waals surface area contributed by atoms with E-state index in [-0.39, 0.29) is 5.91 Å². The van der Waals surface area contributed by atoms with Gasteiger partial charge in [0.2, 0.25) is 0 Å². The SMILES string of the molecule is CCc1ccc(N2C(=O)C(=Cc3ccccc3OCc3ccc(Cl)c(Cl)c3)SC2=S)cc1. The highest BCUT2D eigenvalue weighted by Crippen LogP contribution is 2.37. The maximum absolute atomic E-state index is 13.1. The van der Waals surface area contributed by atoms with Gasteiger partial charge in [-0.25, -0.2) is 0 Å². The van der Waals surface area contributed by atoms with Gasteiger partial charge in [0, 0.05) is 5.56 Å². The van der Waals surface area contributed by atoms with Gasteiger partial charge in [0.05, 0.1) is 20.6 Å². The third-order valence-electron chi connectivity index (χ3n) is 4.98. The number of aryl methyl sites for hydroxylation is 1. The highest BCUT2D eigenvalue weighted by atomic mass is 35.5. The monoisotopic (exact) mass is 499 g/mol. The molecule has 3 aromatic carbocycles. The second kappa shape index (κ2) is 10.1. The third-order valence-corrected chi connectivity index (χ3v) is 7.02. The van der Waals surface area contributed by atoms with E-state index in [4.69, 9.17) is 40.2 Å². The van der Waals surface area contributed by atoms with Gasteiger partial charge in [-0.15, -0.1) is 0 Å². The number of thiocarbonyl (C=S) groups is 1. The molecule has 7 heteroatoms. The molecular weight excluding hydrogens is 481 g/mol. The summed E-state index contributed by atoms with van der Waals surface area (Å²) >= 11 is 18.9. The van der Waals surface area contributed by atoms with Gasteiger partial charge in [0.25, 0.3) is 5.91 Å². The highest BCUT2D eigenvalue weighted by Gasteiger charge is 2.33. The summed E-state index contributed by atoms with van der Waals surface area (Å²) in [6.45, 7) is 2.42. The zero-order valence-corrected chi connectivity index (χ0v) is 20.3. The van der Waals surface area contributed by atoms with Gasteiger partial charge in [0.15, 0.2) is 4.32 Å². The number of amides is 1. The van der Waals surface area contributed by atoms with Crippen molar-refractivity contribution in [1.82, 2.24) is 0 Å². The molecule has 162 valence electrons. The van der Waals surface area contributed by atoms with Crippen LogP contribution in [0.2, 0.25) is 10.0 Å². The first-order valence-corrected chi connectivity index (χ1v) is 12.0. The van der Waals surface area contributed by atoms with Crippen molar-refractivity contribution in [3.63, 3.8) is 0 Å². The van der Waals surface area contributed by atoms with E-state index in [1.54, 1.807) is 17.0 Å². The topological polar surface area (TPSA) is 29.5 Å². The van der Waals surface area contributed by atoms with Gasteiger partial charge in [-0.05, 0) is 54.0 Å². The molecule has 1 aliphatic heterocycles. The molecule has 0 aromatic heterocycles. The van der Waals surface area contributed by atoms with Crippen LogP contribution in [0.3, 0.4) is 0 Å². The number of para-hydroxylation sites is 1. The molecule has 0 atom stereocenters. The summed E-state index contributed by atoms with van der Waals surface area (Å²) in [4.78, 5) is 15.2. The second-order valence-electron chi connectivity index (χ2n) is 7.11. The molecule has 0 bridgehead atoms. The Morgan fingerprint density at radius 1 is 1.00 bits per heavy atom. The van der Waals surface area contributed by atoms with Crippen molar-refractivity contribution in [2.24, 2.45) is 0 Å². The Bertz CT molecular complexity index is 1210. The first-order chi connectivity index (χ1) is 15.5. The fourth-order valence-electron chi connectivity index (χ4n) is 3.23. The summed E-state index contributed by atoms with van der Waals surface area (Å²) in [5.41, 5.74) is 3.69. The first-order valence-electron chi connectivity index (χ1n) is 9.99. The normalized spacial score (nSPS) is 15.0. The van der Waals surface area contributed by atoms with Crippen LogP contribution < -0.4 is 9.64 Å². The van der Waals surface area contributed by atoms with Crippen LogP contribution in [0.4, 0.5) is 5.69 Å². The Kier molecular flexibility index (Phi) is 7.21. The minimum absolute atomic E-state index is 0.136. The van der Waals surface area contributed by atoms with Gasteiger partial charge in [-0.3, -0.25) is 9.69 Å². The summed E-state index contributed by atoms with van der Waals surface area (Å²) in [7, 11) is 0. The van der Waals surface area contributed by atoms with Crippen molar-refractivity contribution < 1.29 is 9.53 Å². The molecule has 0 unspecified atom stereocenters. The molecule has 1 aliphatic rings. The number of benzene rings is 3. The molecular formula is C25H19Cl2NO2S2. The smallest absolute Gasteiger partial charge is 0.270 e. The molecule has 0 radical (unpaired) electrons. The number of anilines is 1. The van der Waals surface area contributed by atoms with Crippen LogP contribution in [0, 0.1) is 0 Å². The molecule has 0 saturated carbocycles. The number of thioether (sulfide) groups is 1. The number of rotatable bonds is 6. The van der Waals surface area contributed by atoms with Crippen molar-refractivity contribution in [1.29, 1.82) is 0 Å². The fourth-order valence-corrected chi connectivity index (χ4v) is 4.84. The summed E-state index contributed by atoms with van der Waals surface area (Å²) in [6, 6.07) is 20.9. The maximum atomic E-state index is 13.1. The minimum atomic E-state index is -0.136. The Hall–Kier alpha value is -2.31. The predicted octanol–water partition coefficient (Wildman–Crippen LogP) is 7.54. The number of nitrogens with zero attached hydrogens (tertiary/aromatic N) is 1. The number of ether oxygens (including phenoxy) is 1. The Labute approximate surface area is 207 Å². The Morgan fingerprint density at radius 2 is 1.72 bits per heavy atom. The van der Waals surface area contributed by atoms with Crippen molar-refractivity contribution in [2.75, 3.05) is 4.90 Å². The predicted molar refractivity (Wildman–Crippen MR) is 139 cm³/mol. The molecule has 3 nitrogen and oxygen atoms in total. The molecule has 0 spiro atoms. The van der Waals surface area contributed by atoms with Crippen LogP contribution in [-0.2, 0) is 17.8 Å². The van der Waals surface area contributed by atoms with Gasteiger partial charge >= 0.3 is 0 Å². The van der Waals surface area contributed by atoms with E-state index in [9.17, 15) is 4.79 Å². The Morgan fingerprint density at radius 3 is 2.44 bits per heavy atom. The largest absolute Gasteiger partial charge is 0.488 e. The van der Waals surface area contributed by atoms with Crippen molar-refractivity contribution in [2.45, 2.75) is 20.0 Å². The van der Waals surface area contributed by atoms with Gasteiger partial charge in [0.1, 0.15) is 12.4 Å². The van der Waals surface area contributed by atoms with Crippen LogP contribution in [0.15, 0.2) is 71.6 Å². The average molecular weight is 500 g/mol. The third kappa shape index (κ3) is 5.02. The van der Waals surface area contributed by atoms with Gasteiger partial charge < -0.3 is 4.74 Å². The molecule has 1 heterocycles. The summed E-state index contributed by atoms with van der Waals surface area (Å²) in [5.74, 6) is 0.527. The van der Waals surface area contributed by atoms with E-state index in [0.717, 1.165) is 23.2 Å². The van der Waals surface area contributed by atoms with Crippen LogP contribution >= 0.6 is 47.2 Å². The lowest BCUT2D eigenvalue weighted by atomic mass is 10.1. The second-order valence-corrected chi connectivity index (χ2v) is 9.60. The number of hydrogen-bond donors (Lipinski definition) is 0. The van der Waals surface area contributed by atoms with E-state index in [2.05, 4.69) is 6.92 Å². The van der Waals surface area contributed by atoms with E-state index < -0.39 is 0 Å². The number of halogens is 2. The van der Waals surface area contributed by atoms with E-state index in [0.29, 0.717) is 31.6 Å². The van der Waals surface area contributed by atoms with E-state index in [1.165, 1.54) is 17.3 Å². The minimum Gasteiger partial charge on any atom is -0.488 e. The van der Waals surface area contributed by atoms with E-state index >= 15 is 0 Å². The standard InChI is InChI=1S/C25H19Cl2NO2S2/c1-2-16-7-10-19(11-8-16)28-24(29)23(32-25(28)31)14-18-5-3-4-6-22(18)30-15-17-9-12-20(26)21(27)13-17/h3-14H,2,15H2,1H3. The van der Waals surface area contributed by atoms with Crippen LogP contribution in [0.25, 0.3) is 6.08 Å². The zero-order chi connectivity index (χ0) is 22.7. The first kappa shape index (κ1) is 22.9.